The molecule has 1 aromatic carbocycles. The van der Waals surface area contributed by atoms with E-state index in [9.17, 15) is 21.6 Å². The SMILES string of the molecule is Cc1ccc(S(=O)(=O)OCC[C@H](COC2CCCCO2)C(F)(F)F)cc1. The second kappa shape index (κ2) is 9.16. The molecule has 1 aliphatic heterocycles. The molecule has 5 nitrogen and oxygen atoms in total. The van der Waals surface area contributed by atoms with E-state index in [4.69, 9.17) is 13.7 Å². The summed E-state index contributed by atoms with van der Waals surface area (Å²) in [6.07, 6.45) is -3.38. The lowest BCUT2D eigenvalue weighted by molar-refractivity contribution is -0.223. The molecule has 2 rings (SSSR count). The highest BCUT2D eigenvalue weighted by Crippen LogP contribution is 2.30. The summed E-state index contributed by atoms with van der Waals surface area (Å²) in [6.45, 7) is 1.11. The van der Waals surface area contributed by atoms with Gasteiger partial charge in [-0.25, -0.2) is 0 Å². The summed E-state index contributed by atoms with van der Waals surface area (Å²) in [6, 6.07) is 5.89. The minimum absolute atomic E-state index is 0.0847. The van der Waals surface area contributed by atoms with Crippen LogP contribution in [0, 0.1) is 12.8 Å². The van der Waals surface area contributed by atoms with Crippen molar-refractivity contribution in [3.63, 3.8) is 0 Å². The summed E-state index contributed by atoms with van der Waals surface area (Å²) in [4.78, 5) is -0.0847. The van der Waals surface area contributed by atoms with Crippen molar-refractivity contribution in [2.75, 3.05) is 19.8 Å². The molecule has 1 saturated heterocycles. The van der Waals surface area contributed by atoms with Gasteiger partial charge < -0.3 is 9.47 Å². The van der Waals surface area contributed by atoms with Crippen molar-refractivity contribution in [1.82, 2.24) is 0 Å². The standard InChI is InChI=1S/C17H23F3O5S/c1-13-5-7-15(8-6-13)26(21,22)25-11-9-14(17(18,19)20)12-24-16-4-2-3-10-23-16/h5-8,14,16H,2-4,9-12H2,1H3/t14-,16?/m1/s1. The molecule has 0 N–H and O–H groups in total. The summed E-state index contributed by atoms with van der Waals surface area (Å²) in [5.41, 5.74) is 0.864. The molecule has 0 aliphatic carbocycles. The smallest absolute Gasteiger partial charge is 0.353 e. The van der Waals surface area contributed by atoms with Crippen LogP contribution in [0.3, 0.4) is 0 Å². The molecule has 1 aliphatic rings. The van der Waals surface area contributed by atoms with Crippen LogP contribution in [0.2, 0.25) is 0 Å². The van der Waals surface area contributed by atoms with Gasteiger partial charge in [-0.15, -0.1) is 0 Å². The third-order valence-corrected chi connectivity index (χ3v) is 5.43. The van der Waals surface area contributed by atoms with Gasteiger partial charge in [0.2, 0.25) is 0 Å². The second-order valence-electron chi connectivity index (χ2n) is 6.25. The van der Waals surface area contributed by atoms with E-state index in [2.05, 4.69) is 0 Å². The highest BCUT2D eigenvalue weighted by Gasteiger charge is 2.40. The van der Waals surface area contributed by atoms with Crippen LogP contribution < -0.4 is 0 Å². The average molecular weight is 396 g/mol. The topological polar surface area (TPSA) is 61.8 Å². The van der Waals surface area contributed by atoms with Crippen molar-refractivity contribution in [3.8, 4) is 0 Å². The third kappa shape index (κ3) is 6.53. The summed E-state index contributed by atoms with van der Waals surface area (Å²) < 4.78 is 78.7. The van der Waals surface area contributed by atoms with Crippen molar-refractivity contribution in [2.45, 2.75) is 50.0 Å². The first-order chi connectivity index (χ1) is 12.2. The van der Waals surface area contributed by atoms with Crippen LogP contribution in [0.5, 0.6) is 0 Å². The fourth-order valence-corrected chi connectivity index (χ4v) is 3.40. The number of halogens is 3. The van der Waals surface area contributed by atoms with E-state index < -0.39 is 48.1 Å². The van der Waals surface area contributed by atoms with Gasteiger partial charge in [0, 0.05) is 6.61 Å². The molecule has 1 heterocycles. The first-order valence-electron chi connectivity index (χ1n) is 8.44. The number of hydrogen-bond donors (Lipinski definition) is 0. The Kier molecular flexibility index (Phi) is 7.45. The average Bonchev–Trinajstić information content (AvgIpc) is 2.58. The van der Waals surface area contributed by atoms with E-state index in [1.54, 1.807) is 19.1 Å². The van der Waals surface area contributed by atoms with Crippen LogP contribution in [0.25, 0.3) is 0 Å². The second-order valence-corrected chi connectivity index (χ2v) is 7.86. The van der Waals surface area contributed by atoms with Crippen molar-refractivity contribution >= 4 is 10.1 Å². The minimum atomic E-state index is -4.51. The molecule has 0 bridgehead atoms. The maximum absolute atomic E-state index is 13.1. The quantitative estimate of drug-likeness (QED) is 0.626. The molecule has 9 heteroatoms. The Morgan fingerprint density at radius 2 is 1.92 bits per heavy atom. The Labute approximate surface area is 151 Å². The molecule has 1 unspecified atom stereocenters. The maximum atomic E-state index is 13.1. The molecule has 1 fully saturated rings. The maximum Gasteiger partial charge on any atom is 0.394 e. The Hall–Kier alpha value is -1.16. The molecule has 0 spiro atoms. The summed E-state index contributed by atoms with van der Waals surface area (Å²) >= 11 is 0. The lowest BCUT2D eigenvalue weighted by Crippen LogP contribution is -2.32. The van der Waals surface area contributed by atoms with E-state index in [0.29, 0.717) is 13.0 Å². The van der Waals surface area contributed by atoms with E-state index >= 15 is 0 Å². The first-order valence-corrected chi connectivity index (χ1v) is 9.85. The molecule has 0 amide bonds. The van der Waals surface area contributed by atoms with Gasteiger partial charge in [-0.2, -0.15) is 21.6 Å². The molecule has 26 heavy (non-hydrogen) atoms. The number of ether oxygens (including phenoxy) is 2. The Bertz CT molecular complexity index is 652. The van der Waals surface area contributed by atoms with E-state index in [1.165, 1.54) is 12.1 Å². The van der Waals surface area contributed by atoms with Crippen molar-refractivity contribution in [1.29, 1.82) is 0 Å². The van der Waals surface area contributed by atoms with Gasteiger partial charge in [0.1, 0.15) is 0 Å². The van der Waals surface area contributed by atoms with Crippen LogP contribution in [0.1, 0.15) is 31.2 Å². The van der Waals surface area contributed by atoms with Crippen molar-refractivity contribution < 1.29 is 35.2 Å². The van der Waals surface area contributed by atoms with Gasteiger partial charge in [-0.3, -0.25) is 4.18 Å². The predicted molar refractivity (Wildman–Crippen MR) is 88.0 cm³/mol. The lowest BCUT2D eigenvalue weighted by Gasteiger charge is -2.26. The highest BCUT2D eigenvalue weighted by molar-refractivity contribution is 7.86. The van der Waals surface area contributed by atoms with Crippen LogP contribution in [0.15, 0.2) is 29.2 Å². The van der Waals surface area contributed by atoms with E-state index in [1.807, 2.05) is 0 Å². The Morgan fingerprint density at radius 3 is 2.50 bits per heavy atom. The van der Waals surface area contributed by atoms with Gasteiger partial charge in [-0.1, -0.05) is 17.7 Å². The molecule has 148 valence electrons. The molecular weight excluding hydrogens is 373 g/mol. The number of aryl methyl sites for hydroxylation is 1. The Morgan fingerprint density at radius 1 is 1.23 bits per heavy atom. The van der Waals surface area contributed by atoms with E-state index in [0.717, 1.165) is 18.4 Å². The fraction of sp³-hybridized carbons (Fsp3) is 0.647. The van der Waals surface area contributed by atoms with Gasteiger partial charge in [0.05, 0.1) is 24.0 Å². The summed E-state index contributed by atoms with van der Waals surface area (Å²) in [5, 5.41) is 0. The van der Waals surface area contributed by atoms with E-state index in [-0.39, 0.29) is 4.90 Å². The first kappa shape index (κ1) is 21.1. The van der Waals surface area contributed by atoms with Crippen LogP contribution in [0.4, 0.5) is 13.2 Å². The van der Waals surface area contributed by atoms with Gasteiger partial charge in [-0.05, 0) is 44.7 Å². The van der Waals surface area contributed by atoms with Crippen LogP contribution in [-0.2, 0) is 23.8 Å². The normalized spacial score (nSPS) is 20.1. The predicted octanol–water partition coefficient (Wildman–Crippen LogP) is 3.81. The fourth-order valence-electron chi connectivity index (χ4n) is 2.48. The van der Waals surface area contributed by atoms with Crippen LogP contribution >= 0.6 is 0 Å². The van der Waals surface area contributed by atoms with Gasteiger partial charge in [0.15, 0.2) is 6.29 Å². The highest BCUT2D eigenvalue weighted by atomic mass is 32.2. The monoisotopic (exact) mass is 396 g/mol. The van der Waals surface area contributed by atoms with Gasteiger partial charge in [0.25, 0.3) is 10.1 Å². The molecule has 1 aromatic rings. The Balaban J connectivity index is 1.87. The number of hydrogen-bond acceptors (Lipinski definition) is 5. The zero-order valence-electron chi connectivity index (χ0n) is 14.5. The zero-order valence-corrected chi connectivity index (χ0v) is 15.3. The summed E-state index contributed by atoms with van der Waals surface area (Å²) in [7, 11) is -4.09. The van der Waals surface area contributed by atoms with Gasteiger partial charge >= 0.3 is 6.18 Å². The number of rotatable bonds is 8. The zero-order chi connectivity index (χ0) is 19.2. The molecular formula is C17H23F3O5S. The largest absolute Gasteiger partial charge is 0.394 e. The third-order valence-electron chi connectivity index (χ3n) is 4.10. The van der Waals surface area contributed by atoms with Crippen molar-refractivity contribution in [2.24, 2.45) is 5.92 Å². The van der Waals surface area contributed by atoms with Crippen LogP contribution in [-0.4, -0.2) is 40.7 Å². The summed E-state index contributed by atoms with van der Waals surface area (Å²) in [5.74, 6) is -1.82. The molecule has 2 atom stereocenters. The number of benzene rings is 1. The molecule has 0 aromatic heterocycles. The number of alkyl halides is 3. The van der Waals surface area contributed by atoms with Crippen molar-refractivity contribution in [3.05, 3.63) is 29.8 Å². The molecule has 0 radical (unpaired) electrons. The minimum Gasteiger partial charge on any atom is -0.353 e. The molecule has 0 saturated carbocycles. The lowest BCUT2D eigenvalue weighted by atomic mass is 10.1.